The van der Waals surface area contributed by atoms with Crippen molar-refractivity contribution in [2.45, 2.75) is 50.0 Å². The minimum atomic E-state index is -3.63. The van der Waals surface area contributed by atoms with Crippen LogP contribution in [-0.2, 0) is 20.2 Å². The number of hydrogen-bond acceptors (Lipinski definition) is 4. The van der Waals surface area contributed by atoms with Crippen LogP contribution in [0.4, 0.5) is 5.69 Å². The maximum absolute atomic E-state index is 12.5. The maximum Gasteiger partial charge on any atom is 0.255 e. The van der Waals surface area contributed by atoms with Gasteiger partial charge in [0.05, 0.1) is 11.0 Å². The van der Waals surface area contributed by atoms with Gasteiger partial charge >= 0.3 is 0 Å². The number of amides is 1. The van der Waals surface area contributed by atoms with Gasteiger partial charge in [-0.25, -0.2) is 13.1 Å². The summed E-state index contributed by atoms with van der Waals surface area (Å²) in [5.74, 6) is -0.287. The molecule has 0 radical (unpaired) electrons. The number of carbonyl (C=O) groups excluding carboxylic acids is 1. The summed E-state index contributed by atoms with van der Waals surface area (Å²) in [5.41, 5.74) is 2.31. The van der Waals surface area contributed by atoms with Crippen molar-refractivity contribution in [1.29, 1.82) is 0 Å². The second kappa shape index (κ2) is 8.65. The summed E-state index contributed by atoms with van der Waals surface area (Å²) in [6.07, 6.45) is 1.74. The fourth-order valence-corrected chi connectivity index (χ4v) is 4.20. The summed E-state index contributed by atoms with van der Waals surface area (Å²) in [7, 11) is -3.63. The maximum atomic E-state index is 12.5. The molecule has 1 heterocycles. The Bertz CT molecular complexity index is 940. The van der Waals surface area contributed by atoms with Gasteiger partial charge in [0.2, 0.25) is 10.0 Å². The highest BCUT2D eigenvalue weighted by Gasteiger charge is 2.20. The van der Waals surface area contributed by atoms with Crippen LogP contribution in [0, 0.1) is 0 Å². The van der Waals surface area contributed by atoms with E-state index < -0.39 is 10.0 Å². The second-order valence-electron chi connectivity index (χ2n) is 8.29. The fraction of sp³-hybridized carbons (Fsp3) is 0.409. The summed E-state index contributed by atoms with van der Waals surface area (Å²) in [4.78, 5) is 12.6. The minimum absolute atomic E-state index is 0.0434. The second-order valence-corrected chi connectivity index (χ2v) is 10.1. The number of sulfonamides is 1. The average molecular weight is 417 g/mol. The zero-order valence-corrected chi connectivity index (χ0v) is 17.9. The topological polar surface area (TPSA) is 84.5 Å². The third-order valence-electron chi connectivity index (χ3n) is 4.96. The van der Waals surface area contributed by atoms with E-state index in [0.717, 1.165) is 12.8 Å². The lowest BCUT2D eigenvalue weighted by molar-refractivity contribution is 0.102. The van der Waals surface area contributed by atoms with Gasteiger partial charge in [0.15, 0.2) is 0 Å². The van der Waals surface area contributed by atoms with Gasteiger partial charge in [0, 0.05) is 24.4 Å². The molecule has 0 bridgehead atoms. The summed E-state index contributed by atoms with van der Waals surface area (Å²) >= 11 is 0. The fourth-order valence-electron chi connectivity index (χ4n) is 3.13. The van der Waals surface area contributed by atoms with E-state index in [-0.39, 0.29) is 28.9 Å². The van der Waals surface area contributed by atoms with Crippen LogP contribution < -0.4 is 10.0 Å². The van der Waals surface area contributed by atoms with E-state index in [1.165, 1.54) is 29.8 Å². The van der Waals surface area contributed by atoms with Gasteiger partial charge in [-0.05, 0) is 60.2 Å². The van der Waals surface area contributed by atoms with Crippen molar-refractivity contribution in [1.82, 2.24) is 4.72 Å². The van der Waals surface area contributed by atoms with Crippen molar-refractivity contribution >= 4 is 21.6 Å². The monoisotopic (exact) mass is 416 g/mol. The van der Waals surface area contributed by atoms with Gasteiger partial charge in [-0.1, -0.05) is 32.9 Å². The molecule has 0 unspecified atom stereocenters. The Labute approximate surface area is 172 Å². The molecule has 1 aliphatic heterocycles. The zero-order valence-electron chi connectivity index (χ0n) is 17.1. The first-order valence-electron chi connectivity index (χ1n) is 9.78. The minimum Gasteiger partial charge on any atom is -0.377 e. The molecular formula is C22H28N2O4S. The highest BCUT2D eigenvalue weighted by Crippen LogP contribution is 2.23. The van der Waals surface area contributed by atoms with Gasteiger partial charge in [-0.2, -0.15) is 0 Å². The molecule has 7 heteroatoms. The quantitative estimate of drug-likeness (QED) is 0.752. The van der Waals surface area contributed by atoms with E-state index in [2.05, 4.69) is 30.8 Å². The Hall–Kier alpha value is -2.22. The summed E-state index contributed by atoms with van der Waals surface area (Å²) in [5, 5.41) is 2.84. The average Bonchev–Trinajstić information content (AvgIpc) is 3.20. The molecule has 6 nitrogen and oxygen atoms in total. The first kappa shape index (κ1) is 21.5. The Kier molecular flexibility index (Phi) is 6.41. The number of ether oxygens (including phenoxy) is 1. The van der Waals surface area contributed by atoms with Gasteiger partial charge in [-0.3, -0.25) is 4.79 Å². The van der Waals surface area contributed by atoms with Crippen LogP contribution in [0.3, 0.4) is 0 Å². The molecule has 1 saturated heterocycles. The van der Waals surface area contributed by atoms with Crippen molar-refractivity contribution < 1.29 is 17.9 Å². The summed E-state index contributed by atoms with van der Waals surface area (Å²) < 4.78 is 32.8. The molecule has 0 aliphatic carbocycles. The Morgan fingerprint density at radius 3 is 2.28 bits per heavy atom. The predicted molar refractivity (Wildman–Crippen MR) is 114 cm³/mol. The van der Waals surface area contributed by atoms with Crippen molar-refractivity contribution in [2.24, 2.45) is 0 Å². The van der Waals surface area contributed by atoms with Crippen LogP contribution in [0.1, 0.15) is 49.5 Å². The van der Waals surface area contributed by atoms with Gasteiger partial charge in [0.25, 0.3) is 5.91 Å². The first-order valence-corrected chi connectivity index (χ1v) is 11.3. The molecule has 1 fully saturated rings. The van der Waals surface area contributed by atoms with Crippen LogP contribution >= 0.6 is 0 Å². The lowest BCUT2D eigenvalue weighted by atomic mass is 9.87. The van der Waals surface area contributed by atoms with Crippen molar-refractivity contribution in [3.63, 3.8) is 0 Å². The first-order chi connectivity index (χ1) is 13.6. The Balaban J connectivity index is 1.62. The Morgan fingerprint density at radius 2 is 1.72 bits per heavy atom. The summed E-state index contributed by atoms with van der Waals surface area (Å²) in [6.45, 7) is 7.33. The molecule has 2 aromatic rings. The predicted octanol–water partition coefficient (Wildman–Crippen LogP) is 3.69. The molecule has 3 rings (SSSR count). The number of benzene rings is 2. The number of hydrogen-bond donors (Lipinski definition) is 2. The van der Waals surface area contributed by atoms with E-state index >= 15 is 0 Å². The lowest BCUT2D eigenvalue weighted by Gasteiger charge is -2.19. The summed E-state index contributed by atoms with van der Waals surface area (Å²) in [6, 6.07) is 13.6. The number of carbonyl (C=O) groups is 1. The van der Waals surface area contributed by atoms with E-state index in [0.29, 0.717) is 17.9 Å². The van der Waals surface area contributed by atoms with Crippen LogP contribution in [0.25, 0.3) is 0 Å². The smallest absolute Gasteiger partial charge is 0.255 e. The van der Waals surface area contributed by atoms with Gasteiger partial charge < -0.3 is 10.1 Å². The lowest BCUT2D eigenvalue weighted by Crippen LogP contribution is -2.31. The van der Waals surface area contributed by atoms with Gasteiger partial charge in [0.1, 0.15) is 0 Å². The van der Waals surface area contributed by atoms with Gasteiger partial charge in [-0.15, -0.1) is 0 Å². The van der Waals surface area contributed by atoms with Crippen molar-refractivity contribution in [3.8, 4) is 0 Å². The number of nitrogens with one attached hydrogen (secondary N) is 2. The number of anilines is 1. The molecule has 1 atom stereocenters. The van der Waals surface area contributed by atoms with Crippen LogP contribution in [0.15, 0.2) is 53.4 Å². The molecular weight excluding hydrogens is 388 g/mol. The van der Waals surface area contributed by atoms with E-state index in [9.17, 15) is 13.2 Å². The molecule has 1 amide bonds. The molecule has 2 aromatic carbocycles. The number of rotatable bonds is 6. The highest BCUT2D eigenvalue weighted by molar-refractivity contribution is 7.89. The Morgan fingerprint density at radius 1 is 1.07 bits per heavy atom. The van der Waals surface area contributed by atoms with Crippen LogP contribution in [0.2, 0.25) is 0 Å². The van der Waals surface area contributed by atoms with Crippen LogP contribution in [0.5, 0.6) is 0 Å². The highest BCUT2D eigenvalue weighted by atomic mass is 32.2. The zero-order chi connectivity index (χ0) is 21.1. The standard InChI is InChI=1S/C22H28N2O4S/c1-22(2,3)17-8-10-18(11-9-17)24-21(25)16-6-12-20(13-7-16)29(26,27)23-15-19-5-4-14-28-19/h6-13,19,23H,4-5,14-15H2,1-3H3,(H,24,25)/t19-/m0/s1. The third-order valence-corrected chi connectivity index (χ3v) is 6.40. The molecule has 2 N–H and O–H groups in total. The molecule has 29 heavy (non-hydrogen) atoms. The molecule has 156 valence electrons. The normalized spacial score (nSPS) is 17.3. The van der Waals surface area contributed by atoms with Crippen molar-refractivity contribution in [2.75, 3.05) is 18.5 Å². The third kappa shape index (κ3) is 5.65. The van der Waals surface area contributed by atoms with E-state index in [1.807, 2.05) is 24.3 Å². The molecule has 0 spiro atoms. The van der Waals surface area contributed by atoms with E-state index in [1.54, 1.807) is 0 Å². The van der Waals surface area contributed by atoms with Crippen molar-refractivity contribution in [3.05, 3.63) is 59.7 Å². The molecule has 0 saturated carbocycles. The molecule has 1 aliphatic rings. The van der Waals surface area contributed by atoms with Crippen LogP contribution in [-0.4, -0.2) is 33.6 Å². The van der Waals surface area contributed by atoms with E-state index in [4.69, 9.17) is 4.74 Å². The SMILES string of the molecule is CC(C)(C)c1ccc(NC(=O)c2ccc(S(=O)(=O)NC[C@@H]3CCCO3)cc2)cc1. The largest absolute Gasteiger partial charge is 0.377 e. The molecule has 0 aromatic heterocycles.